The minimum Gasteiger partial charge on any atom is -0.258 e. The molecule has 0 radical (unpaired) electrons. The van der Waals surface area contributed by atoms with Gasteiger partial charge in [0, 0.05) is 6.08 Å². The number of nitro groups is 1. The molecule has 0 aliphatic heterocycles. The van der Waals surface area contributed by atoms with Gasteiger partial charge in [-0.1, -0.05) is 42.0 Å². The summed E-state index contributed by atoms with van der Waals surface area (Å²) in [6, 6.07) is 14.8. The van der Waals surface area contributed by atoms with Gasteiger partial charge >= 0.3 is 0 Å². The zero-order valence-corrected chi connectivity index (χ0v) is 11.0. The molecule has 0 aliphatic rings. The van der Waals surface area contributed by atoms with E-state index in [9.17, 15) is 10.1 Å². The van der Waals surface area contributed by atoms with Gasteiger partial charge in [-0.2, -0.15) is 0 Å². The molecule has 0 saturated carbocycles. The fraction of sp³-hybridized carbons (Fsp3) is 0.125. The lowest BCUT2D eigenvalue weighted by Crippen LogP contribution is -1.98. The standard InChI is InChI=1S/C16H15NO2/c1-12-8-9-15(13(2)10-12)11-16(17(18)19)14-6-4-3-5-7-14/h3-11H,1-2H3. The molecule has 3 heteroatoms. The molecule has 0 saturated heterocycles. The molecule has 0 amide bonds. The monoisotopic (exact) mass is 253 g/mol. The summed E-state index contributed by atoms with van der Waals surface area (Å²) < 4.78 is 0. The van der Waals surface area contributed by atoms with Crippen LogP contribution in [0, 0.1) is 24.0 Å². The van der Waals surface area contributed by atoms with Crippen molar-refractivity contribution < 1.29 is 4.92 Å². The second-order valence-electron chi connectivity index (χ2n) is 4.51. The van der Waals surface area contributed by atoms with Crippen molar-refractivity contribution in [2.75, 3.05) is 0 Å². The molecule has 3 nitrogen and oxygen atoms in total. The van der Waals surface area contributed by atoms with E-state index in [0.717, 1.165) is 16.7 Å². The lowest BCUT2D eigenvalue weighted by molar-refractivity contribution is -0.374. The van der Waals surface area contributed by atoms with E-state index in [4.69, 9.17) is 0 Å². The van der Waals surface area contributed by atoms with Crippen LogP contribution < -0.4 is 0 Å². The highest BCUT2D eigenvalue weighted by molar-refractivity contribution is 5.77. The molecule has 0 heterocycles. The van der Waals surface area contributed by atoms with Gasteiger partial charge < -0.3 is 0 Å². The van der Waals surface area contributed by atoms with Crippen molar-refractivity contribution in [1.82, 2.24) is 0 Å². The van der Waals surface area contributed by atoms with Crippen molar-refractivity contribution in [1.29, 1.82) is 0 Å². The van der Waals surface area contributed by atoms with Crippen molar-refractivity contribution in [3.63, 3.8) is 0 Å². The predicted octanol–water partition coefficient (Wildman–Crippen LogP) is 4.08. The second kappa shape index (κ2) is 5.48. The highest BCUT2D eigenvalue weighted by Gasteiger charge is 2.14. The molecule has 0 aliphatic carbocycles. The van der Waals surface area contributed by atoms with Gasteiger partial charge in [0.2, 0.25) is 0 Å². The molecule has 0 bridgehead atoms. The van der Waals surface area contributed by atoms with Gasteiger partial charge in [0.1, 0.15) is 0 Å². The minimum absolute atomic E-state index is 0.118. The molecular weight excluding hydrogens is 238 g/mol. The minimum atomic E-state index is -0.339. The quantitative estimate of drug-likeness (QED) is 0.470. The molecule has 2 aromatic rings. The average molecular weight is 253 g/mol. The van der Waals surface area contributed by atoms with Crippen LogP contribution in [-0.2, 0) is 0 Å². The summed E-state index contributed by atoms with van der Waals surface area (Å²) in [6.45, 7) is 3.97. The molecular formula is C16H15NO2. The first kappa shape index (κ1) is 13.0. The normalized spacial score (nSPS) is 11.4. The Morgan fingerprint density at radius 2 is 1.79 bits per heavy atom. The molecule has 0 aromatic heterocycles. The maximum Gasteiger partial charge on any atom is 0.277 e. The van der Waals surface area contributed by atoms with Crippen molar-refractivity contribution >= 4 is 11.8 Å². The zero-order chi connectivity index (χ0) is 13.8. The third-order valence-corrected chi connectivity index (χ3v) is 2.98. The molecule has 2 aromatic carbocycles. The fourth-order valence-corrected chi connectivity index (χ4v) is 1.99. The fourth-order valence-electron chi connectivity index (χ4n) is 1.99. The first-order chi connectivity index (χ1) is 9.08. The van der Waals surface area contributed by atoms with Gasteiger partial charge in [-0.05, 0) is 37.1 Å². The third kappa shape index (κ3) is 3.07. The predicted molar refractivity (Wildman–Crippen MR) is 77.2 cm³/mol. The highest BCUT2D eigenvalue weighted by Crippen LogP contribution is 2.21. The van der Waals surface area contributed by atoms with Crippen LogP contribution in [0.3, 0.4) is 0 Å². The number of hydrogen-bond acceptors (Lipinski definition) is 2. The molecule has 0 unspecified atom stereocenters. The van der Waals surface area contributed by atoms with E-state index in [1.54, 1.807) is 30.3 Å². The number of benzene rings is 2. The van der Waals surface area contributed by atoms with Crippen LogP contribution in [0.15, 0.2) is 48.5 Å². The van der Waals surface area contributed by atoms with E-state index in [1.807, 2.05) is 38.1 Å². The first-order valence-corrected chi connectivity index (χ1v) is 6.06. The smallest absolute Gasteiger partial charge is 0.258 e. The number of hydrogen-bond donors (Lipinski definition) is 0. The lowest BCUT2D eigenvalue weighted by Gasteiger charge is -2.03. The van der Waals surface area contributed by atoms with Crippen LogP contribution in [0.5, 0.6) is 0 Å². The molecule has 96 valence electrons. The largest absolute Gasteiger partial charge is 0.277 e. The third-order valence-electron chi connectivity index (χ3n) is 2.98. The van der Waals surface area contributed by atoms with E-state index < -0.39 is 0 Å². The van der Waals surface area contributed by atoms with Crippen molar-refractivity contribution in [2.24, 2.45) is 0 Å². The molecule has 2 rings (SSSR count). The summed E-state index contributed by atoms with van der Waals surface area (Å²) in [6.07, 6.45) is 1.63. The summed E-state index contributed by atoms with van der Waals surface area (Å²) in [5, 5.41) is 11.2. The van der Waals surface area contributed by atoms with Crippen LogP contribution >= 0.6 is 0 Å². The SMILES string of the molecule is Cc1ccc(C=C(c2ccccc2)[N+](=O)[O-])c(C)c1. The second-order valence-corrected chi connectivity index (χ2v) is 4.51. The Morgan fingerprint density at radius 3 is 2.37 bits per heavy atom. The topological polar surface area (TPSA) is 43.1 Å². The number of rotatable bonds is 3. The van der Waals surface area contributed by atoms with Crippen LogP contribution in [0.25, 0.3) is 11.8 Å². The summed E-state index contributed by atoms with van der Waals surface area (Å²) >= 11 is 0. The van der Waals surface area contributed by atoms with Crippen LogP contribution in [0.1, 0.15) is 22.3 Å². The van der Waals surface area contributed by atoms with Gasteiger partial charge in [0.05, 0.1) is 10.5 Å². The molecule has 19 heavy (non-hydrogen) atoms. The van der Waals surface area contributed by atoms with Crippen molar-refractivity contribution in [3.05, 3.63) is 80.9 Å². The van der Waals surface area contributed by atoms with Crippen molar-refractivity contribution in [2.45, 2.75) is 13.8 Å². The number of nitrogens with zero attached hydrogens (tertiary/aromatic N) is 1. The summed E-state index contributed by atoms with van der Waals surface area (Å²) in [7, 11) is 0. The van der Waals surface area contributed by atoms with Gasteiger partial charge in [-0.3, -0.25) is 10.1 Å². The van der Waals surface area contributed by atoms with E-state index in [-0.39, 0.29) is 10.6 Å². The van der Waals surface area contributed by atoms with Crippen molar-refractivity contribution in [3.8, 4) is 0 Å². The molecule has 0 fully saturated rings. The zero-order valence-electron chi connectivity index (χ0n) is 11.0. The Morgan fingerprint density at radius 1 is 1.11 bits per heavy atom. The van der Waals surface area contributed by atoms with E-state index >= 15 is 0 Å². The Bertz CT molecular complexity index is 630. The number of aryl methyl sites for hydroxylation is 2. The Hall–Kier alpha value is -2.42. The summed E-state index contributed by atoms with van der Waals surface area (Å²) in [5.74, 6) is 0. The van der Waals surface area contributed by atoms with E-state index in [2.05, 4.69) is 0 Å². The lowest BCUT2D eigenvalue weighted by atomic mass is 10.0. The highest BCUT2D eigenvalue weighted by atomic mass is 16.6. The van der Waals surface area contributed by atoms with Gasteiger partial charge in [0.15, 0.2) is 0 Å². The molecule has 0 N–H and O–H groups in total. The average Bonchev–Trinajstić information content (AvgIpc) is 2.38. The van der Waals surface area contributed by atoms with Gasteiger partial charge in [0.25, 0.3) is 5.70 Å². The Balaban J connectivity index is 2.51. The Kier molecular flexibility index (Phi) is 3.76. The summed E-state index contributed by atoms with van der Waals surface area (Å²) in [5.41, 5.74) is 3.80. The van der Waals surface area contributed by atoms with E-state index in [0.29, 0.717) is 5.56 Å². The summed E-state index contributed by atoms with van der Waals surface area (Å²) in [4.78, 5) is 10.9. The first-order valence-electron chi connectivity index (χ1n) is 6.06. The van der Waals surface area contributed by atoms with Crippen LogP contribution in [-0.4, -0.2) is 4.92 Å². The van der Waals surface area contributed by atoms with Crippen LogP contribution in [0.4, 0.5) is 0 Å². The molecule has 0 atom stereocenters. The van der Waals surface area contributed by atoms with Gasteiger partial charge in [-0.25, -0.2) is 0 Å². The molecule has 0 spiro atoms. The van der Waals surface area contributed by atoms with Crippen LogP contribution in [0.2, 0.25) is 0 Å². The van der Waals surface area contributed by atoms with Gasteiger partial charge in [-0.15, -0.1) is 0 Å². The maximum atomic E-state index is 11.2. The maximum absolute atomic E-state index is 11.2. The van der Waals surface area contributed by atoms with E-state index in [1.165, 1.54) is 0 Å². The Labute approximate surface area is 112 Å².